The van der Waals surface area contributed by atoms with E-state index in [1.165, 1.54) is 16.1 Å². The van der Waals surface area contributed by atoms with E-state index in [1.807, 2.05) is 30.3 Å². The van der Waals surface area contributed by atoms with Crippen molar-refractivity contribution in [3.8, 4) is 0 Å². The fourth-order valence-corrected chi connectivity index (χ4v) is 4.15. The minimum absolute atomic E-state index is 0.0753. The van der Waals surface area contributed by atoms with E-state index < -0.39 is 11.9 Å². The molecule has 0 bridgehead atoms. The zero-order valence-corrected chi connectivity index (χ0v) is 16.9. The summed E-state index contributed by atoms with van der Waals surface area (Å²) in [4.78, 5) is 16.1. The molecule has 2 aromatic heterocycles. The van der Waals surface area contributed by atoms with Gasteiger partial charge < -0.3 is 5.32 Å². The van der Waals surface area contributed by atoms with Gasteiger partial charge in [0.25, 0.3) is 0 Å². The highest BCUT2D eigenvalue weighted by molar-refractivity contribution is 9.10. The Balaban J connectivity index is 1.56. The molecule has 0 spiro atoms. The molecule has 4 rings (SSSR count). The average Bonchev–Trinajstić information content (AvgIpc) is 3.07. The van der Waals surface area contributed by atoms with Crippen molar-refractivity contribution < 1.29 is 18.0 Å². The van der Waals surface area contributed by atoms with Gasteiger partial charge in [0, 0.05) is 31.0 Å². The molecule has 152 valence electrons. The van der Waals surface area contributed by atoms with Crippen LogP contribution in [0.3, 0.4) is 0 Å². The second kappa shape index (κ2) is 7.78. The van der Waals surface area contributed by atoms with Crippen LogP contribution >= 0.6 is 15.9 Å². The highest BCUT2D eigenvalue weighted by atomic mass is 79.9. The van der Waals surface area contributed by atoms with Crippen LogP contribution in [0, 0.1) is 5.92 Å². The van der Waals surface area contributed by atoms with Gasteiger partial charge in [-0.1, -0.05) is 30.3 Å². The van der Waals surface area contributed by atoms with E-state index in [1.54, 1.807) is 0 Å². The number of nitrogens with zero attached hydrogens (tertiary/aromatic N) is 3. The number of alkyl halides is 3. The van der Waals surface area contributed by atoms with Crippen molar-refractivity contribution in [2.45, 2.75) is 31.4 Å². The summed E-state index contributed by atoms with van der Waals surface area (Å²) < 4.78 is 41.3. The number of carbonyl (C=O) groups is 1. The smallest absolute Gasteiger partial charge is 0.369 e. The van der Waals surface area contributed by atoms with Crippen LogP contribution in [0.25, 0.3) is 5.65 Å². The van der Waals surface area contributed by atoms with Gasteiger partial charge in [-0.15, -0.1) is 0 Å². The van der Waals surface area contributed by atoms with Crippen LogP contribution in [0.1, 0.15) is 36.4 Å². The standard InChI is InChI=1S/C20H18BrF3N4O/c21-17-10-19-26-16(20(22,23)24)9-18(28(19)27-17)25-11-14-8-13(6-7-15(14)29)12-4-2-1-3-5-12/h1-5,9-10,13-14,25H,6-8,11H2. The second-order valence-corrected chi connectivity index (χ2v) is 8.00. The van der Waals surface area contributed by atoms with E-state index in [9.17, 15) is 18.0 Å². The number of aromatic nitrogens is 3. The van der Waals surface area contributed by atoms with Crippen LogP contribution in [-0.4, -0.2) is 26.9 Å². The normalized spacial score (nSPS) is 20.2. The summed E-state index contributed by atoms with van der Waals surface area (Å²) in [5.41, 5.74) is 0.259. The molecule has 29 heavy (non-hydrogen) atoms. The molecule has 2 heterocycles. The topological polar surface area (TPSA) is 59.3 Å². The fourth-order valence-electron chi connectivity index (χ4n) is 3.78. The molecule has 2 unspecified atom stereocenters. The molecule has 3 aromatic rings. The molecule has 9 heteroatoms. The van der Waals surface area contributed by atoms with Crippen molar-refractivity contribution in [2.75, 3.05) is 11.9 Å². The maximum atomic E-state index is 13.2. The highest BCUT2D eigenvalue weighted by Gasteiger charge is 2.34. The van der Waals surface area contributed by atoms with Crippen LogP contribution in [-0.2, 0) is 11.0 Å². The lowest BCUT2D eigenvalue weighted by Crippen LogP contribution is -2.30. The lowest BCUT2D eigenvalue weighted by molar-refractivity contribution is -0.141. The van der Waals surface area contributed by atoms with Crippen LogP contribution in [0.5, 0.6) is 0 Å². The Morgan fingerprint density at radius 1 is 1.21 bits per heavy atom. The number of hydrogen-bond acceptors (Lipinski definition) is 4. The number of nitrogens with one attached hydrogen (secondary N) is 1. The molecule has 1 aliphatic carbocycles. The molecule has 1 N–H and O–H groups in total. The van der Waals surface area contributed by atoms with E-state index in [2.05, 4.69) is 31.3 Å². The van der Waals surface area contributed by atoms with E-state index in [0.29, 0.717) is 17.4 Å². The maximum absolute atomic E-state index is 13.2. The predicted molar refractivity (Wildman–Crippen MR) is 106 cm³/mol. The molecule has 2 atom stereocenters. The van der Waals surface area contributed by atoms with Crippen LogP contribution in [0.4, 0.5) is 19.0 Å². The van der Waals surface area contributed by atoms with Crippen LogP contribution in [0.15, 0.2) is 47.1 Å². The van der Waals surface area contributed by atoms with Crippen LogP contribution in [0.2, 0.25) is 0 Å². The summed E-state index contributed by atoms with van der Waals surface area (Å²) >= 11 is 3.17. The third-order valence-electron chi connectivity index (χ3n) is 5.25. The first-order valence-corrected chi connectivity index (χ1v) is 10.1. The predicted octanol–water partition coefficient (Wildman–Crippen LogP) is 5.08. The first kappa shape index (κ1) is 19.9. The Morgan fingerprint density at radius 3 is 2.69 bits per heavy atom. The van der Waals surface area contributed by atoms with Gasteiger partial charge in [0.1, 0.15) is 16.2 Å². The number of ketones is 1. The molecule has 0 aliphatic heterocycles. The monoisotopic (exact) mass is 466 g/mol. The zero-order valence-electron chi connectivity index (χ0n) is 15.3. The molecule has 0 radical (unpaired) electrons. The molecule has 5 nitrogen and oxygen atoms in total. The Bertz CT molecular complexity index is 1040. The van der Waals surface area contributed by atoms with Crippen molar-refractivity contribution in [3.05, 3.63) is 58.3 Å². The van der Waals surface area contributed by atoms with Gasteiger partial charge in [0.05, 0.1) is 0 Å². The summed E-state index contributed by atoms with van der Waals surface area (Å²) in [6, 6.07) is 12.3. The SMILES string of the molecule is O=C1CCC(c2ccccc2)CC1CNc1cc(C(F)(F)F)nc2cc(Br)nn12. The molecule has 1 aliphatic rings. The summed E-state index contributed by atoms with van der Waals surface area (Å²) in [6.07, 6.45) is -2.64. The molecule has 1 fully saturated rings. The number of halogens is 4. The third kappa shape index (κ3) is 4.29. The number of rotatable bonds is 4. The number of benzene rings is 1. The lowest BCUT2D eigenvalue weighted by atomic mass is 9.77. The number of anilines is 1. The Morgan fingerprint density at radius 2 is 1.97 bits per heavy atom. The average molecular weight is 467 g/mol. The zero-order chi connectivity index (χ0) is 20.6. The van der Waals surface area contributed by atoms with E-state index in [4.69, 9.17) is 0 Å². The Kier molecular flexibility index (Phi) is 5.33. The Hall–Kier alpha value is -2.42. The first-order valence-electron chi connectivity index (χ1n) is 9.26. The van der Waals surface area contributed by atoms with E-state index in [-0.39, 0.29) is 35.6 Å². The van der Waals surface area contributed by atoms with E-state index in [0.717, 1.165) is 12.5 Å². The molecular formula is C20H18BrF3N4O. The minimum atomic E-state index is -4.58. The summed E-state index contributed by atoms with van der Waals surface area (Å²) in [5.74, 6) is 0.281. The highest BCUT2D eigenvalue weighted by Crippen LogP contribution is 2.35. The van der Waals surface area contributed by atoms with E-state index >= 15 is 0 Å². The van der Waals surface area contributed by atoms with Gasteiger partial charge in [-0.2, -0.15) is 22.8 Å². The summed E-state index contributed by atoms with van der Waals surface area (Å²) in [6.45, 7) is 0.246. The molecule has 0 amide bonds. The van der Waals surface area contributed by atoms with Crippen LogP contribution < -0.4 is 5.32 Å². The first-order chi connectivity index (χ1) is 13.8. The van der Waals surface area contributed by atoms with Crippen molar-refractivity contribution in [2.24, 2.45) is 5.92 Å². The minimum Gasteiger partial charge on any atom is -0.369 e. The fraction of sp³-hybridized carbons (Fsp3) is 0.350. The number of hydrogen-bond donors (Lipinski definition) is 1. The van der Waals surface area contributed by atoms with Gasteiger partial charge in [-0.25, -0.2) is 4.98 Å². The molecule has 1 aromatic carbocycles. The van der Waals surface area contributed by atoms with Gasteiger partial charge >= 0.3 is 6.18 Å². The van der Waals surface area contributed by atoms with Crippen molar-refractivity contribution in [3.63, 3.8) is 0 Å². The molecule has 0 saturated heterocycles. The Labute approximate surface area is 173 Å². The van der Waals surface area contributed by atoms with Crippen molar-refractivity contribution in [1.29, 1.82) is 0 Å². The van der Waals surface area contributed by atoms with Gasteiger partial charge in [0.15, 0.2) is 11.3 Å². The van der Waals surface area contributed by atoms with Crippen molar-refractivity contribution >= 4 is 33.2 Å². The third-order valence-corrected chi connectivity index (χ3v) is 5.64. The van der Waals surface area contributed by atoms with Gasteiger partial charge in [-0.3, -0.25) is 4.79 Å². The molecular weight excluding hydrogens is 449 g/mol. The number of Topliss-reactive ketones (excluding diaryl/α,β-unsaturated/α-hetero) is 1. The number of fused-ring (bicyclic) bond motifs is 1. The second-order valence-electron chi connectivity index (χ2n) is 7.19. The largest absolute Gasteiger partial charge is 0.433 e. The number of carbonyl (C=O) groups excluding carboxylic acids is 1. The summed E-state index contributed by atoms with van der Waals surface area (Å²) in [7, 11) is 0. The lowest BCUT2D eigenvalue weighted by Gasteiger charge is -2.29. The van der Waals surface area contributed by atoms with Crippen molar-refractivity contribution in [1.82, 2.24) is 14.6 Å². The maximum Gasteiger partial charge on any atom is 0.433 e. The summed E-state index contributed by atoms with van der Waals surface area (Å²) in [5, 5.41) is 7.14. The molecule has 1 saturated carbocycles. The van der Waals surface area contributed by atoms with Gasteiger partial charge in [0.2, 0.25) is 0 Å². The van der Waals surface area contributed by atoms with Gasteiger partial charge in [-0.05, 0) is 40.3 Å². The quantitative estimate of drug-likeness (QED) is 0.582.